The summed E-state index contributed by atoms with van der Waals surface area (Å²) >= 11 is 0. The molecule has 170 valence electrons. The normalized spacial score (nSPS) is 16.8. The summed E-state index contributed by atoms with van der Waals surface area (Å²) in [7, 11) is 3.77. The Morgan fingerprint density at radius 3 is 2.44 bits per heavy atom. The van der Waals surface area contributed by atoms with Gasteiger partial charge in [0.25, 0.3) is 0 Å². The summed E-state index contributed by atoms with van der Waals surface area (Å²) in [4.78, 5) is 4.41. The largest absolute Gasteiger partial charge is 0.373 e. The Hall–Kier alpha value is -3.29. The lowest BCUT2D eigenvalue weighted by Gasteiger charge is -2.08. The van der Waals surface area contributed by atoms with Crippen molar-refractivity contribution in [2.75, 3.05) is 12.4 Å². The van der Waals surface area contributed by atoms with E-state index in [-0.39, 0.29) is 11.3 Å². The van der Waals surface area contributed by atoms with E-state index in [9.17, 15) is 0 Å². The zero-order valence-corrected chi connectivity index (χ0v) is 19.9. The van der Waals surface area contributed by atoms with Crippen LogP contribution >= 0.6 is 0 Å². The highest BCUT2D eigenvalue weighted by Gasteiger charge is 2.41. The minimum atomic E-state index is 0.220. The summed E-state index contributed by atoms with van der Waals surface area (Å²) in [6.45, 7) is 7.86. The molecule has 3 aromatic rings. The van der Waals surface area contributed by atoms with Crippen molar-refractivity contribution in [2.45, 2.75) is 58.8 Å². The minimum Gasteiger partial charge on any atom is -0.373 e. The molecule has 0 radical (unpaired) electrons. The Balaban J connectivity index is 0.000000668. The zero-order chi connectivity index (χ0) is 23.4. The van der Waals surface area contributed by atoms with Crippen LogP contribution < -0.4 is 10.8 Å². The molecule has 0 aromatic carbocycles. The summed E-state index contributed by atoms with van der Waals surface area (Å²) in [6, 6.07) is 8.09. The van der Waals surface area contributed by atoms with E-state index >= 15 is 0 Å². The molecule has 1 aliphatic carbocycles. The van der Waals surface area contributed by atoms with Crippen molar-refractivity contribution in [1.29, 1.82) is 10.8 Å². The predicted octanol–water partition coefficient (Wildman–Crippen LogP) is 4.43. The van der Waals surface area contributed by atoms with Crippen molar-refractivity contribution in [1.82, 2.24) is 24.5 Å². The van der Waals surface area contributed by atoms with E-state index in [1.807, 2.05) is 44.0 Å². The Labute approximate surface area is 189 Å². The number of aryl methyl sites for hydroxylation is 2. The van der Waals surface area contributed by atoms with E-state index in [4.69, 9.17) is 15.9 Å². The molecule has 32 heavy (non-hydrogen) atoms. The van der Waals surface area contributed by atoms with Gasteiger partial charge in [0.2, 0.25) is 0 Å². The van der Waals surface area contributed by atoms with Gasteiger partial charge in [-0.3, -0.25) is 15.5 Å². The molecule has 0 aliphatic heterocycles. The lowest BCUT2D eigenvalue weighted by atomic mass is 10.1. The monoisotopic (exact) mass is 434 g/mol. The fraction of sp³-hybridized carbons (Fsp3) is 0.458. The van der Waals surface area contributed by atoms with Gasteiger partial charge in [-0.2, -0.15) is 10.2 Å². The predicted molar refractivity (Wildman–Crippen MR) is 128 cm³/mol. The van der Waals surface area contributed by atoms with E-state index in [1.54, 1.807) is 6.92 Å². The average Bonchev–Trinajstić information content (AvgIpc) is 3.50. The van der Waals surface area contributed by atoms with E-state index in [2.05, 4.69) is 41.4 Å². The molecular weight excluding hydrogens is 400 g/mol. The molecule has 0 spiro atoms. The summed E-state index contributed by atoms with van der Waals surface area (Å²) in [5.74, 6) is 1.92. The van der Waals surface area contributed by atoms with Crippen molar-refractivity contribution in [2.24, 2.45) is 7.05 Å². The van der Waals surface area contributed by atoms with Gasteiger partial charge < -0.3 is 5.32 Å². The number of hydrogen-bond acceptors (Lipinski definition) is 6. The zero-order valence-electron chi connectivity index (χ0n) is 19.9. The maximum Gasteiger partial charge on any atom is 0.151 e. The number of anilines is 1. The molecular formula is C24H34N8. The number of pyridine rings is 1. The number of aromatic nitrogens is 5. The maximum atomic E-state index is 8.10. The highest BCUT2D eigenvalue weighted by molar-refractivity contribution is 5.78. The Kier molecular flexibility index (Phi) is 7.22. The van der Waals surface area contributed by atoms with Crippen LogP contribution in [0.25, 0.3) is 11.4 Å². The molecule has 2 unspecified atom stereocenters. The van der Waals surface area contributed by atoms with Gasteiger partial charge in [0.1, 0.15) is 17.3 Å². The van der Waals surface area contributed by atoms with Gasteiger partial charge in [-0.1, -0.05) is 32.8 Å². The number of nitrogens with zero attached hydrogens (tertiary/aromatic N) is 5. The standard InChI is InChI=1S/C20H24N8.C4H10/c1-11-7-17(26-28(12(2)21)20(11)22)18-9-16(25-27(18)4)15-8-14(15)13-5-6-19(23-3)24-10-13;1-3-4-2/h5-7,9-10,14-15,21-22H,8H2,1-4H3,(H,23,24);3-4H2,1-2H3. The molecule has 3 aromatic heterocycles. The molecule has 1 aliphatic rings. The molecule has 1 fully saturated rings. The number of unbranched alkanes of at least 4 members (excludes halogenated alkanes) is 1. The second-order valence-electron chi connectivity index (χ2n) is 8.31. The van der Waals surface area contributed by atoms with Crippen LogP contribution in [0.4, 0.5) is 5.82 Å². The third-order valence-corrected chi connectivity index (χ3v) is 5.77. The van der Waals surface area contributed by atoms with Crippen molar-refractivity contribution >= 4 is 11.7 Å². The van der Waals surface area contributed by atoms with Crippen molar-refractivity contribution in [3.8, 4) is 11.4 Å². The van der Waals surface area contributed by atoms with Gasteiger partial charge in [-0.25, -0.2) is 9.67 Å². The SMILES string of the molecule is CCCC.CNc1ccc(C2CC2c2cc(-c3cc(C)c(=N)n(C(C)=N)n3)n(C)n2)cn1. The van der Waals surface area contributed by atoms with Crippen LogP contribution in [0.15, 0.2) is 30.5 Å². The van der Waals surface area contributed by atoms with E-state index in [0.29, 0.717) is 11.8 Å². The van der Waals surface area contributed by atoms with E-state index in [0.717, 1.165) is 34.9 Å². The fourth-order valence-electron chi connectivity index (χ4n) is 3.57. The van der Waals surface area contributed by atoms with Crippen LogP contribution in [0.2, 0.25) is 0 Å². The summed E-state index contributed by atoms with van der Waals surface area (Å²) in [6.07, 6.45) is 5.64. The highest BCUT2D eigenvalue weighted by atomic mass is 15.3. The maximum absolute atomic E-state index is 8.10. The van der Waals surface area contributed by atoms with Gasteiger partial charge in [0, 0.05) is 26.2 Å². The molecule has 8 nitrogen and oxygen atoms in total. The molecule has 0 amide bonds. The van der Waals surface area contributed by atoms with Gasteiger partial charge in [0.15, 0.2) is 5.49 Å². The first kappa shape index (κ1) is 23.4. The first-order valence-electron chi connectivity index (χ1n) is 11.2. The third-order valence-electron chi connectivity index (χ3n) is 5.77. The molecule has 1 saturated carbocycles. The number of rotatable bonds is 5. The topological polar surface area (TPSA) is 108 Å². The van der Waals surface area contributed by atoms with Crippen molar-refractivity contribution in [3.05, 3.63) is 52.8 Å². The van der Waals surface area contributed by atoms with Crippen LogP contribution in [-0.2, 0) is 7.05 Å². The highest BCUT2D eigenvalue weighted by Crippen LogP contribution is 2.54. The van der Waals surface area contributed by atoms with Gasteiger partial charge in [-0.05, 0) is 55.5 Å². The molecule has 3 heterocycles. The Morgan fingerprint density at radius 1 is 1.16 bits per heavy atom. The van der Waals surface area contributed by atoms with Gasteiger partial charge >= 0.3 is 0 Å². The van der Waals surface area contributed by atoms with Gasteiger partial charge in [0.05, 0.1) is 11.4 Å². The summed E-state index contributed by atoms with van der Waals surface area (Å²) < 4.78 is 3.19. The van der Waals surface area contributed by atoms with Gasteiger partial charge in [-0.15, -0.1) is 0 Å². The second kappa shape index (κ2) is 9.89. The van der Waals surface area contributed by atoms with Crippen molar-refractivity contribution in [3.63, 3.8) is 0 Å². The average molecular weight is 435 g/mol. The van der Waals surface area contributed by atoms with Crippen LogP contribution in [0.1, 0.15) is 68.7 Å². The lowest BCUT2D eigenvalue weighted by molar-refractivity contribution is 0.735. The van der Waals surface area contributed by atoms with Crippen LogP contribution in [0.3, 0.4) is 0 Å². The fourth-order valence-corrected chi connectivity index (χ4v) is 3.57. The molecule has 3 N–H and O–H groups in total. The first-order valence-corrected chi connectivity index (χ1v) is 11.2. The van der Waals surface area contributed by atoms with E-state index < -0.39 is 0 Å². The first-order chi connectivity index (χ1) is 15.3. The number of nitrogens with one attached hydrogen (secondary N) is 3. The lowest BCUT2D eigenvalue weighted by Crippen LogP contribution is -2.29. The summed E-state index contributed by atoms with van der Waals surface area (Å²) in [5.41, 5.74) is 4.91. The molecule has 0 bridgehead atoms. The molecule has 0 saturated heterocycles. The Bertz CT molecular complexity index is 1140. The molecule has 2 atom stereocenters. The number of hydrogen-bond donors (Lipinski definition) is 3. The molecule has 8 heteroatoms. The van der Waals surface area contributed by atoms with E-state index in [1.165, 1.54) is 23.1 Å². The third kappa shape index (κ3) is 4.95. The van der Waals surface area contributed by atoms with Crippen LogP contribution in [-0.4, -0.2) is 37.4 Å². The van der Waals surface area contributed by atoms with Crippen LogP contribution in [0, 0.1) is 17.7 Å². The Morgan fingerprint density at radius 2 is 1.88 bits per heavy atom. The molecule has 4 rings (SSSR count). The van der Waals surface area contributed by atoms with Crippen LogP contribution in [0.5, 0.6) is 0 Å². The smallest absolute Gasteiger partial charge is 0.151 e. The minimum absolute atomic E-state index is 0.220. The van der Waals surface area contributed by atoms with Crippen molar-refractivity contribution < 1.29 is 0 Å². The quantitative estimate of drug-likeness (QED) is 0.408. The second-order valence-corrected chi connectivity index (χ2v) is 8.31. The summed E-state index contributed by atoms with van der Waals surface area (Å²) in [5, 5.41) is 28.2.